The Morgan fingerprint density at radius 1 is 1.44 bits per heavy atom. The standard InChI is InChI=1S/C12H19N3O3/c1-13-9-4-5-11(14-6-9)12(16)15-7-10(18-3)8-17-2/h4-6,10,13H,7-8H2,1-3H3,(H,15,16). The molecule has 1 heterocycles. The van der Waals surface area contributed by atoms with Crippen molar-refractivity contribution in [3.8, 4) is 0 Å². The molecule has 0 radical (unpaired) electrons. The van der Waals surface area contributed by atoms with Crippen LogP contribution in [0.4, 0.5) is 5.69 Å². The number of rotatable bonds is 7. The van der Waals surface area contributed by atoms with Crippen LogP contribution in [0.5, 0.6) is 0 Å². The molecular weight excluding hydrogens is 234 g/mol. The van der Waals surface area contributed by atoms with E-state index in [1.807, 2.05) is 0 Å². The smallest absolute Gasteiger partial charge is 0.269 e. The third-order valence-electron chi connectivity index (χ3n) is 2.46. The molecule has 0 bridgehead atoms. The van der Waals surface area contributed by atoms with E-state index < -0.39 is 0 Å². The van der Waals surface area contributed by atoms with Crippen molar-refractivity contribution in [2.45, 2.75) is 6.10 Å². The van der Waals surface area contributed by atoms with Gasteiger partial charge in [-0.2, -0.15) is 0 Å². The van der Waals surface area contributed by atoms with Crippen LogP contribution < -0.4 is 10.6 Å². The average molecular weight is 253 g/mol. The highest BCUT2D eigenvalue weighted by Crippen LogP contribution is 2.04. The molecule has 1 unspecified atom stereocenters. The zero-order valence-electron chi connectivity index (χ0n) is 10.9. The van der Waals surface area contributed by atoms with Crippen molar-refractivity contribution in [2.24, 2.45) is 0 Å². The molecule has 100 valence electrons. The average Bonchev–Trinajstić information content (AvgIpc) is 2.43. The highest BCUT2D eigenvalue weighted by Gasteiger charge is 2.11. The second-order valence-electron chi connectivity index (χ2n) is 3.71. The normalized spacial score (nSPS) is 11.9. The van der Waals surface area contributed by atoms with Gasteiger partial charge in [0.2, 0.25) is 0 Å². The number of carbonyl (C=O) groups is 1. The van der Waals surface area contributed by atoms with Crippen molar-refractivity contribution >= 4 is 11.6 Å². The van der Waals surface area contributed by atoms with Gasteiger partial charge in [-0.25, -0.2) is 4.98 Å². The maximum atomic E-state index is 11.8. The van der Waals surface area contributed by atoms with Crippen LogP contribution in [-0.4, -0.2) is 51.4 Å². The third kappa shape index (κ3) is 4.31. The zero-order valence-corrected chi connectivity index (χ0v) is 10.9. The van der Waals surface area contributed by atoms with E-state index in [2.05, 4.69) is 15.6 Å². The Morgan fingerprint density at radius 3 is 2.72 bits per heavy atom. The first-order valence-corrected chi connectivity index (χ1v) is 5.65. The van der Waals surface area contributed by atoms with Gasteiger partial charge < -0.3 is 20.1 Å². The molecule has 0 aliphatic carbocycles. The molecule has 6 heteroatoms. The lowest BCUT2D eigenvalue weighted by Gasteiger charge is -2.14. The number of hydrogen-bond donors (Lipinski definition) is 2. The predicted molar refractivity (Wildman–Crippen MR) is 68.8 cm³/mol. The quantitative estimate of drug-likeness (QED) is 0.741. The van der Waals surface area contributed by atoms with Crippen LogP contribution in [0.1, 0.15) is 10.5 Å². The van der Waals surface area contributed by atoms with Gasteiger partial charge in [0.25, 0.3) is 5.91 Å². The first-order valence-electron chi connectivity index (χ1n) is 5.65. The largest absolute Gasteiger partial charge is 0.387 e. The first kappa shape index (κ1) is 14.4. The summed E-state index contributed by atoms with van der Waals surface area (Å²) in [4.78, 5) is 15.8. The molecule has 1 rings (SSSR count). The number of carbonyl (C=O) groups excluding carboxylic acids is 1. The minimum Gasteiger partial charge on any atom is -0.387 e. The van der Waals surface area contributed by atoms with Crippen molar-refractivity contribution in [1.82, 2.24) is 10.3 Å². The van der Waals surface area contributed by atoms with Gasteiger partial charge in [0.05, 0.1) is 24.6 Å². The molecular formula is C12H19N3O3. The summed E-state index contributed by atoms with van der Waals surface area (Å²) < 4.78 is 10.1. The van der Waals surface area contributed by atoms with E-state index >= 15 is 0 Å². The molecule has 0 aliphatic heterocycles. The minimum atomic E-state index is -0.226. The van der Waals surface area contributed by atoms with Crippen molar-refractivity contribution in [2.75, 3.05) is 39.7 Å². The maximum absolute atomic E-state index is 11.8. The summed E-state index contributed by atoms with van der Waals surface area (Å²) in [5.41, 5.74) is 1.24. The number of aromatic nitrogens is 1. The first-order chi connectivity index (χ1) is 8.71. The van der Waals surface area contributed by atoms with E-state index in [9.17, 15) is 4.79 Å². The molecule has 0 fully saturated rings. The van der Waals surface area contributed by atoms with Gasteiger partial charge >= 0.3 is 0 Å². The number of anilines is 1. The van der Waals surface area contributed by atoms with Crippen molar-refractivity contribution in [3.63, 3.8) is 0 Å². The number of hydrogen-bond acceptors (Lipinski definition) is 5. The second kappa shape index (κ2) is 7.62. The molecule has 1 aromatic rings. The van der Waals surface area contributed by atoms with Gasteiger partial charge in [0.15, 0.2) is 0 Å². The Bertz CT molecular complexity index is 367. The van der Waals surface area contributed by atoms with Crippen LogP contribution in [0.3, 0.4) is 0 Å². The Balaban J connectivity index is 2.48. The van der Waals surface area contributed by atoms with Crippen molar-refractivity contribution < 1.29 is 14.3 Å². The van der Waals surface area contributed by atoms with Crippen LogP contribution in [0.15, 0.2) is 18.3 Å². The van der Waals surface area contributed by atoms with Gasteiger partial charge in [0, 0.05) is 27.8 Å². The van der Waals surface area contributed by atoms with Crippen LogP contribution in [0, 0.1) is 0 Å². The topological polar surface area (TPSA) is 72.5 Å². The highest BCUT2D eigenvalue weighted by atomic mass is 16.5. The van der Waals surface area contributed by atoms with Crippen LogP contribution in [0.2, 0.25) is 0 Å². The van der Waals surface area contributed by atoms with E-state index in [1.54, 1.807) is 39.6 Å². The molecule has 1 atom stereocenters. The summed E-state index contributed by atoms with van der Waals surface area (Å²) in [6.07, 6.45) is 1.45. The Kier molecular flexibility index (Phi) is 6.10. The van der Waals surface area contributed by atoms with Gasteiger partial charge in [0.1, 0.15) is 5.69 Å². The number of ether oxygens (including phenoxy) is 2. The van der Waals surface area contributed by atoms with Gasteiger partial charge in [-0.1, -0.05) is 0 Å². The number of methoxy groups -OCH3 is 2. The second-order valence-corrected chi connectivity index (χ2v) is 3.71. The van der Waals surface area contributed by atoms with Crippen LogP contribution in [-0.2, 0) is 9.47 Å². The Hall–Kier alpha value is -1.66. The molecule has 1 aromatic heterocycles. The number of amides is 1. The highest BCUT2D eigenvalue weighted by molar-refractivity contribution is 5.92. The van der Waals surface area contributed by atoms with Crippen molar-refractivity contribution in [3.05, 3.63) is 24.0 Å². The van der Waals surface area contributed by atoms with Gasteiger partial charge in [-0.3, -0.25) is 4.79 Å². The number of nitrogens with zero attached hydrogens (tertiary/aromatic N) is 1. The summed E-state index contributed by atoms with van der Waals surface area (Å²) in [5, 5.41) is 5.68. The fourth-order valence-electron chi connectivity index (χ4n) is 1.37. The lowest BCUT2D eigenvalue weighted by molar-refractivity contribution is 0.0285. The maximum Gasteiger partial charge on any atom is 0.269 e. The van der Waals surface area contributed by atoms with Gasteiger partial charge in [-0.05, 0) is 12.1 Å². The van der Waals surface area contributed by atoms with E-state index in [4.69, 9.17) is 9.47 Å². The van der Waals surface area contributed by atoms with Gasteiger partial charge in [-0.15, -0.1) is 0 Å². The summed E-state index contributed by atoms with van der Waals surface area (Å²) in [7, 11) is 4.96. The Labute approximate surface area is 107 Å². The van der Waals surface area contributed by atoms with E-state index in [-0.39, 0.29) is 12.0 Å². The molecule has 0 saturated carbocycles. The van der Waals surface area contributed by atoms with E-state index in [0.29, 0.717) is 18.8 Å². The molecule has 1 amide bonds. The summed E-state index contributed by atoms with van der Waals surface area (Å²) in [6.45, 7) is 0.821. The Morgan fingerprint density at radius 2 is 2.22 bits per heavy atom. The fourth-order valence-corrected chi connectivity index (χ4v) is 1.37. The van der Waals surface area contributed by atoms with Crippen LogP contribution in [0.25, 0.3) is 0 Å². The molecule has 0 saturated heterocycles. The molecule has 18 heavy (non-hydrogen) atoms. The monoisotopic (exact) mass is 253 g/mol. The minimum absolute atomic E-state index is 0.157. The lowest BCUT2D eigenvalue weighted by Crippen LogP contribution is -2.35. The van der Waals surface area contributed by atoms with Crippen molar-refractivity contribution in [1.29, 1.82) is 0 Å². The van der Waals surface area contributed by atoms with Crippen LogP contribution >= 0.6 is 0 Å². The summed E-state index contributed by atoms with van der Waals surface area (Å²) >= 11 is 0. The lowest BCUT2D eigenvalue weighted by atomic mass is 10.3. The molecule has 0 aromatic carbocycles. The third-order valence-corrected chi connectivity index (χ3v) is 2.46. The fraction of sp³-hybridized carbons (Fsp3) is 0.500. The summed E-state index contributed by atoms with van der Waals surface area (Å²) in [5.74, 6) is -0.226. The molecule has 0 aliphatic rings. The van der Waals surface area contributed by atoms with E-state index in [1.165, 1.54) is 0 Å². The predicted octanol–water partition coefficient (Wildman–Crippen LogP) is 0.514. The number of nitrogens with one attached hydrogen (secondary N) is 2. The zero-order chi connectivity index (χ0) is 13.4. The number of pyridine rings is 1. The van der Waals surface area contributed by atoms with E-state index in [0.717, 1.165) is 5.69 Å². The SMILES string of the molecule is CNc1ccc(C(=O)NCC(COC)OC)nc1. The molecule has 2 N–H and O–H groups in total. The summed E-state index contributed by atoms with van der Waals surface area (Å²) in [6, 6.07) is 3.46. The molecule has 0 spiro atoms. The molecule has 6 nitrogen and oxygen atoms in total.